The van der Waals surface area contributed by atoms with Gasteiger partial charge in [-0.1, -0.05) is 60.7 Å². The number of carbonyl (C=O) groups is 2. The number of alkyl carbamates (subject to hydrolysis) is 1. The lowest BCUT2D eigenvalue weighted by Crippen LogP contribution is -2.66. The highest BCUT2D eigenvalue weighted by atomic mass is 16.6. The largest absolute Gasteiger partial charge is 0.834 e. The lowest BCUT2D eigenvalue weighted by atomic mass is 9.82. The number of amides is 1. The zero-order chi connectivity index (χ0) is 25.1. The third-order valence-corrected chi connectivity index (χ3v) is 7.20. The predicted octanol–water partition coefficient (Wildman–Crippen LogP) is 2.97. The van der Waals surface area contributed by atoms with E-state index in [1.54, 1.807) is 48.5 Å². The molecular formula is C28H36N2O5. The second-order valence-corrected chi connectivity index (χ2v) is 10.8. The van der Waals surface area contributed by atoms with E-state index in [-0.39, 0.29) is 12.0 Å². The van der Waals surface area contributed by atoms with E-state index >= 15 is 0 Å². The van der Waals surface area contributed by atoms with Gasteiger partial charge >= 0.3 is 12.1 Å². The molecule has 3 fully saturated rings. The number of carbonyl (C=O) groups excluding carboxylic acids is 2. The Balaban J connectivity index is 1.45. The van der Waals surface area contributed by atoms with Gasteiger partial charge in [-0.25, -0.2) is 4.79 Å². The Morgan fingerprint density at radius 3 is 2.03 bits per heavy atom. The molecular weight excluding hydrogens is 444 g/mol. The van der Waals surface area contributed by atoms with Gasteiger partial charge in [-0.3, -0.25) is 4.79 Å². The Morgan fingerprint density at radius 2 is 1.51 bits per heavy atom. The van der Waals surface area contributed by atoms with Crippen LogP contribution in [0.3, 0.4) is 0 Å². The van der Waals surface area contributed by atoms with Gasteiger partial charge in [0.15, 0.2) is 6.10 Å². The second-order valence-electron chi connectivity index (χ2n) is 10.8. The van der Waals surface area contributed by atoms with E-state index in [9.17, 15) is 14.7 Å². The summed E-state index contributed by atoms with van der Waals surface area (Å²) in [5.74, 6) is -0.493. The molecule has 2 bridgehead atoms. The summed E-state index contributed by atoms with van der Waals surface area (Å²) < 4.78 is 12.1. The Kier molecular flexibility index (Phi) is 7.20. The molecule has 3 saturated heterocycles. The molecule has 7 nitrogen and oxygen atoms in total. The van der Waals surface area contributed by atoms with Gasteiger partial charge in [0.2, 0.25) is 0 Å². The van der Waals surface area contributed by atoms with Crippen LogP contribution in [0.5, 0.6) is 0 Å². The third kappa shape index (κ3) is 5.68. The van der Waals surface area contributed by atoms with Crippen molar-refractivity contribution in [3.8, 4) is 0 Å². The number of hydrogen-bond acceptors (Lipinski definition) is 5. The van der Waals surface area contributed by atoms with Crippen LogP contribution in [0, 0.1) is 5.92 Å². The van der Waals surface area contributed by atoms with Gasteiger partial charge in [-0.15, -0.1) is 0 Å². The predicted molar refractivity (Wildman–Crippen MR) is 130 cm³/mol. The lowest BCUT2D eigenvalue weighted by Gasteiger charge is -2.52. The average molecular weight is 481 g/mol. The summed E-state index contributed by atoms with van der Waals surface area (Å²) >= 11 is 0. The summed E-state index contributed by atoms with van der Waals surface area (Å²) in [6.07, 6.45) is 1.14. The number of piperidine rings is 3. The molecule has 1 atom stereocenters. The van der Waals surface area contributed by atoms with Crippen LogP contribution in [-0.2, 0) is 19.9 Å². The monoisotopic (exact) mass is 480 g/mol. The van der Waals surface area contributed by atoms with Gasteiger partial charge in [0, 0.05) is 24.4 Å². The normalized spacial score (nSPS) is 24.0. The molecule has 0 saturated carbocycles. The van der Waals surface area contributed by atoms with Crippen molar-refractivity contribution in [3.63, 3.8) is 0 Å². The van der Waals surface area contributed by atoms with Crippen molar-refractivity contribution in [1.29, 1.82) is 0 Å². The number of ether oxygens (including phenoxy) is 2. The summed E-state index contributed by atoms with van der Waals surface area (Å²) in [6, 6.07) is 17.5. The molecule has 0 aliphatic carbocycles. The van der Waals surface area contributed by atoms with Gasteiger partial charge in [0.1, 0.15) is 12.1 Å². The molecule has 2 aromatic carbocycles. The molecule has 0 aromatic heterocycles. The fourth-order valence-corrected chi connectivity index (χ4v) is 5.35. The number of quaternary nitrogens is 1. The number of hydrogen-bond donors (Lipinski definition) is 1. The van der Waals surface area contributed by atoms with Gasteiger partial charge in [0.05, 0.1) is 26.2 Å². The van der Waals surface area contributed by atoms with Crippen LogP contribution < -0.4 is 10.4 Å². The highest BCUT2D eigenvalue weighted by Crippen LogP contribution is 2.37. The summed E-state index contributed by atoms with van der Waals surface area (Å²) in [4.78, 5) is 25.6. The molecule has 0 radical (unpaired) electrons. The zero-order valence-electron chi connectivity index (χ0n) is 20.9. The van der Waals surface area contributed by atoms with E-state index in [1.165, 1.54) is 0 Å². The fourth-order valence-electron chi connectivity index (χ4n) is 5.35. The third-order valence-electron chi connectivity index (χ3n) is 7.20. The first-order chi connectivity index (χ1) is 16.6. The Bertz CT molecular complexity index is 971. The van der Waals surface area contributed by atoms with Gasteiger partial charge in [-0.05, 0) is 31.9 Å². The molecule has 3 aliphatic heterocycles. The van der Waals surface area contributed by atoms with Gasteiger partial charge in [0.25, 0.3) is 0 Å². The van der Waals surface area contributed by atoms with Crippen LogP contribution in [0.15, 0.2) is 60.7 Å². The number of fused-ring (bicyclic) bond motifs is 3. The Hall–Kier alpha value is -2.90. The Morgan fingerprint density at radius 1 is 0.971 bits per heavy atom. The van der Waals surface area contributed by atoms with Gasteiger partial charge < -0.3 is 24.4 Å². The number of nitrogens with zero attached hydrogens (tertiary/aromatic N) is 1. The minimum Gasteiger partial charge on any atom is -0.834 e. The van der Waals surface area contributed by atoms with Crippen LogP contribution in [0.2, 0.25) is 0 Å². The standard InChI is InChI=1S/C28H36N2O5/c1-27(2,3)35-26(32)29-16-19-30-17-14-21(15-18-30)24(20-30)34-25(31)28(33,22-10-6-4-7-11-22)23-12-8-5-9-13-23/h4-13,21,24H,14-20H2,1-3H3,(H,29,32). The van der Waals surface area contributed by atoms with Crippen LogP contribution in [0.4, 0.5) is 4.79 Å². The maximum absolute atomic E-state index is 14.2. The van der Waals surface area contributed by atoms with Crippen molar-refractivity contribution in [2.24, 2.45) is 5.92 Å². The quantitative estimate of drug-likeness (QED) is 0.486. The topological polar surface area (TPSA) is 87.7 Å². The van der Waals surface area contributed by atoms with Crippen LogP contribution in [0.1, 0.15) is 44.7 Å². The molecule has 3 aliphatic rings. The van der Waals surface area contributed by atoms with Crippen molar-refractivity contribution in [3.05, 3.63) is 71.8 Å². The molecule has 3 heterocycles. The summed E-state index contributed by atoms with van der Waals surface area (Å²) in [5, 5.41) is 17.0. The molecule has 5 rings (SSSR count). The number of esters is 1. The Labute approximate surface area is 207 Å². The summed E-state index contributed by atoms with van der Waals surface area (Å²) in [7, 11) is 0. The highest BCUT2D eigenvalue weighted by molar-refractivity contribution is 5.85. The van der Waals surface area contributed by atoms with E-state index in [2.05, 4.69) is 5.32 Å². The zero-order valence-corrected chi connectivity index (χ0v) is 20.9. The maximum atomic E-state index is 14.2. The maximum Gasteiger partial charge on any atom is 0.407 e. The van der Waals surface area contributed by atoms with Crippen molar-refractivity contribution in [2.75, 3.05) is 32.7 Å². The minimum absolute atomic E-state index is 0.258. The molecule has 1 amide bonds. The molecule has 2 aromatic rings. The molecule has 7 heteroatoms. The van der Waals surface area contributed by atoms with Crippen molar-refractivity contribution >= 4 is 12.1 Å². The van der Waals surface area contributed by atoms with Crippen LogP contribution in [-0.4, -0.2) is 61.0 Å². The average Bonchev–Trinajstić information content (AvgIpc) is 2.84. The smallest absolute Gasteiger partial charge is 0.407 e. The van der Waals surface area contributed by atoms with E-state index in [1.807, 2.05) is 32.9 Å². The van der Waals surface area contributed by atoms with Crippen LogP contribution in [0.25, 0.3) is 0 Å². The fraction of sp³-hybridized carbons (Fsp3) is 0.500. The van der Waals surface area contributed by atoms with Crippen molar-refractivity contribution in [2.45, 2.75) is 50.9 Å². The van der Waals surface area contributed by atoms with E-state index in [0.29, 0.717) is 24.2 Å². The lowest BCUT2D eigenvalue weighted by molar-refractivity contribution is -0.945. The minimum atomic E-state index is -2.13. The SMILES string of the molecule is CC(C)(C)OC(=O)NCC[N+]12CCC(CC1)C(OC(=O)C([O-])(c1ccccc1)c1ccccc1)C2. The molecule has 35 heavy (non-hydrogen) atoms. The molecule has 188 valence electrons. The van der Waals surface area contributed by atoms with Crippen LogP contribution >= 0.6 is 0 Å². The number of nitrogens with one attached hydrogen (secondary N) is 1. The van der Waals surface area contributed by atoms with Crippen molar-refractivity contribution < 1.29 is 28.7 Å². The molecule has 1 N–H and O–H groups in total. The van der Waals surface area contributed by atoms with E-state index in [0.717, 1.165) is 37.0 Å². The van der Waals surface area contributed by atoms with Gasteiger partial charge in [-0.2, -0.15) is 0 Å². The number of benzene rings is 2. The summed E-state index contributed by atoms with van der Waals surface area (Å²) in [6.45, 7) is 9.35. The second kappa shape index (κ2) is 9.99. The highest BCUT2D eigenvalue weighted by Gasteiger charge is 2.48. The van der Waals surface area contributed by atoms with E-state index in [4.69, 9.17) is 9.47 Å². The first kappa shape index (κ1) is 25.2. The summed E-state index contributed by atoms with van der Waals surface area (Å²) in [5.41, 5.74) is -1.91. The van der Waals surface area contributed by atoms with E-state index < -0.39 is 23.3 Å². The molecule has 0 spiro atoms. The first-order valence-corrected chi connectivity index (χ1v) is 12.5. The number of rotatable bonds is 7. The first-order valence-electron chi connectivity index (χ1n) is 12.5. The molecule has 1 unspecified atom stereocenters. The van der Waals surface area contributed by atoms with Crippen molar-refractivity contribution in [1.82, 2.24) is 5.32 Å².